The monoisotopic (exact) mass is 286 g/mol. The van der Waals surface area contributed by atoms with E-state index in [9.17, 15) is 9.59 Å². The van der Waals surface area contributed by atoms with Crippen LogP contribution in [0.15, 0.2) is 48.1 Å². The minimum Gasteiger partial charge on any atom is -0.464 e. The van der Waals surface area contributed by atoms with E-state index in [0.29, 0.717) is 6.47 Å². The van der Waals surface area contributed by atoms with Crippen molar-refractivity contribution in [3.8, 4) is 0 Å². The van der Waals surface area contributed by atoms with Gasteiger partial charge in [0.25, 0.3) is 6.47 Å². The maximum absolute atomic E-state index is 11.6. The summed E-state index contributed by atoms with van der Waals surface area (Å²) in [6.45, 7) is 0.502. The molecule has 0 fully saturated rings. The van der Waals surface area contributed by atoms with E-state index in [4.69, 9.17) is 4.74 Å². The van der Waals surface area contributed by atoms with Crippen LogP contribution < -0.4 is 0 Å². The van der Waals surface area contributed by atoms with Gasteiger partial charge in [-0.15, -0.1) is 0 Å². The number of carbonyl (C=O) groups is 2. The fourth-order valence-corrected chi connectivity index (χ4v) is 2.28. The third-order valence-corrected chi connectivity index (χ3v) is 3.23. The van der Waals surface area contributed by atoms with E-state index in [0.717, 1.165) is 24.8 Å². The van der Waals surface area contributed by atoms with Gasteiger partial charge < -0.3 is 9.47 Å². The number of hydrogen-bond acceptors (Lipinski definition) is 4. The van der Waals surface area contributed by atoms with Crippen molar-refractivity contribution in [2.45, 2.75) is 19.3 Å². The topological polar surface area (TPSA) is 52.6 Å². The molecular formula is C17H18O4. The Bertz CT molecular complexity index is 543. The van der Waals surface area contributed by atoms with E-state index in [1.165, 1.54) is 17.2 Å². The lowest BCUT2D eigenvalue weighted by molar-refractivity contribution is -0.142. The first-order chi connectivity index (χ1) is 10.3. The van der Waals surface area contributed by atoms with Gasteiger partial charge in [0.2, 0.25) is 0 Å². The predicted octanol–water partition coefficient (Wildman–Crippen LogP) is 2.90. The van der Waals surface area contributed by atoms with Gasteiger partial charge in [0.05, 0.1) is 0 Å². The fraction of sp³-hybridized carbons (Fsp3) is 0.294. The molecule has 0 bridgehead atoms. The van der Waals surface area contributed by atoms with Gasteiger partial charge in [-0.05, 0) is 36.0 Å². The van der Waals surface area contributed by atoms with Gasteiger partial charge in [0.15, 0.2) is 0 Å². The van der Waals surface area contributed by atoms with Gasteiger partial charge in [-0.25, -0.2) is 4.79 Å². The van der Waals surface area contributed by atoms with Crippen molar-refractivity contribution in [2.24, 2.45) is 0 Å². The molecule has 0 heterocycles. The highest BCUT2D eigenvalue weighted by Gasteiger charge is 2.10. The van der Waals surface area contributed by atoms with Gasteiger partial charge in [-0.2, -0.15) is 0 Å². The minimum atomic E-state index is -0.398. The molecule has 0 atom stereocenters. The second-order valence-electron chi connectivity index (χ2n) is 4.74. The summed E-state index contributed by atoms with van der Waals surface area (Å²) in [6.07, 6.45) is 6.49. The summed E-state index contributed by atoms with van der Waals surface area (Å²) in [7, 11) is 0. The maximum atomic E-state index is 11.6. The molecule has 0 saturated carbocycles. The zero-order valence-corrected chi connectivity index (χ0v) is 11.8. The number of allylic oxidation sites excluding steroid dienone is 3. The highest BCUT2D eigenvalue weighted by molar-refractivity contribution is 5.84. The Labute approximate surface area is 124 Å². The van der Waals surface area contributed by atoms with Crippen LogP contribution >= 0.6 is 0 Å². The van der Waals surface area contributed by atoms with Crippen molar-refractivity contribution in [3.63, 3.8) is 0 Å². The molecule has 1 aliphatic carbocycles. The molecule has 0 amide bonds. The molecule has 0 aromatic heterocycles. The summed E-state index contributed by atoms with van der Waals surface area (Å²) < 4.78 is 9.42. The van der Waals surface area contributed by atoms with E-state index < -0.39 is 5.97 Å². The first-order valence-electron chi connectivity index (χ1n) is 6.98. The molecule has 0 aliphatic heterocycles. The molecule has 0 spiro atoms. The molecule has 110 valence electrons. The Morgan fingerprint density at radius 3 is 2.71 bits per heavy atom. The minimum absolute atomic E-state index is 0.0800. The average Bonchev–Trinajstić information content (AvgIpc) is 2.53. The van der Waals surface area contributed by atoms with E-state index >= 15 is 0 Å². The van der Waals surface area contributed by atoms with Crippen molar-refractivity contribution in [3.05, 3.63) is 53.6 Å². The molecule has 2 rings (SSSR count). The summed E-state index contributed by atoms with van der Waals surface area (Å²) in [5, 5.41) is 0. The zero-order chi connectivity index (χ0) is 14.9. The number of carbonyl (C=O) groups excluding carboxylic acids is 2. The summed E-state index contributed by atoms with van der Waals surface area (Å²) in [5.74, 6) is -0.398. The van der Waals surface area contributed by atoms with Crippen LogP contribution in [0.5, 0.6) is 0 Å². The molecule has 4 heteroatoms. The van der Waals surface area contributed by atoms with Crippen molar-refractivity contribution in [1.82, 2.24) is 0 Å². The quantitative estimate of drug-likeness (QED) is 0.349. The van der Waals surface area contributed by atoms with Gasteiger partial charge >= 0.3 is 5.97 Å². The Balaban J connectivity index is 1.97. The second kappa shape index (κ2) is 8.04. The number of benzene rings is 1. The molecule has 1 aliphatic rings. The molecule has 0 N–H and O–H groups in total. The predicted molar refractivity (Wildman–Crippen MR) is 79.3 cm³/mol. The zero-order valence-electron chi connectivity index (χ0n) is 11.8. The summed E-state index contributed by atoms with van der Waals surface area (Å²) in [5.41, 5.74) is 3.41. The Morgan fingerprint density at radius 1 is 1.14 bits per heavy atom. The number of hydrogen-bond donors (Lipinski definition) is 0. The Kier molecular flexibility index (Phi) is 5.76. The van der Waals surface area contributed by atoms with Crippen molar-refractivity contribution < 1.29 is 19.1 Å². The third kappa shape index (κ3) is 4.91. The lowest BCUT2D eigenvalue weighted by Gasteiger charge is -2.15. The molecule has 0 unspecified atom stereocenters. The number of esters is 1. The summed E-state index contributed by atoms with van der Waals surface area (Å²) in [6, 6.07) is 10.2. The van der Waals surface area contributed by atoms with Gasteiger partial charge in [-0.3, -0.25) is 4.79 Å². The highest BCUT2D eigenvalue weighted by atomic mass is 16.6. The van der Waals surface area contributed by atoms with Crippen LogP contribution in [0.1, 0.15) is 24.8 Å². The smallest absolute Gasteiger partial charge is 0.331 e. The highest BCUT2D eigenvalue weighted by Crippen LogP contribution is 2.29. The van der Waals surface area contributed by atoms with Crippen molar-refractivity contribution >= 4 is 18.0 Å². The van der Waals surface area contributed by atoms with Crippen LogP contribution in [-0.2, 0) is 19.1 Å². The van der Waals surface area contributed by atoms with Crippen molar-refractivity contribution in [2.75, 3.05) is 13.2 Å². The van der Waals surface area contributed by atoms with Crippen LogP contribution in [0.2, 0.25) is 0 Å². The lowest BCUT2D eigenvalue weighted by Crippen LogP contribution is -2.09. The van der Waals surface area contributed by atoms with Gasteiger partial charge in [0.1, 0.15) is 13.2 Å². The van der Waals surface area contributed by atoms with Crippen LogP contribution in [0.4, 0.5) is 0 Å². The van der Waals surface area contributed by atoms with E-state index in [1.807, 2.05) is 18.2 Å². The molecule has 0 radical (unpaired) electrons. The molecule has 1 aromatic carbocycles. The van der Waals surface area contributed by atoms with Crippen molar-refractivity contribution in [1.29, 1.82) is 0 Å². The molecular weight excluding hydrogens is 268 g/mol. The first kappa shape index (κ1) is 15.0. The van der Waals surface area contributed by atoms with Gasteiger partial charge in [0, 0.05) is 6.08 Å². The van der Waals surface area contributed by atoms with E-state index in [-0.39, 0.29) is 13.2 Å². The molecule has 0 saturated heterocycles. The largest absolute Gasteiger partial charge is 0.464 e. The summed E-state index contributed by atoms with van der Waals surface area (Å²) >= 11 is 0. The second-order valence-corrected chi connectivity index (χ2v) is 4.74. The summed E-state index contributed by atoms with van der Waals surface area (Å²) in [4.78, 5) is 21.6. The van der Waals surface area contributed by atoms with Crippen LogP contribution in [0, 0.1) is 0 Å². The van der Waals surface area contributed by atoms with Gasteiger partial charge in [-0.1, -0.05) is 36.4 Å². The number of rotatable bonds is 6. The normalized spacial score (nSPS) is 16.2. The Morgan fingerprint density at radius 2 is 1.95 bits per heavy atom. The van der Waals surface area contributed by atoms with Crippen LogP contribution in [-0.4, -0.2) is 25.7 Å². The standard InChI is InChI=1S/C17H18O4/c18-13-20-9-10-21-17(19)12-14-5-4-8-16(11-14)15-6-2-1-3-7-15/h1-3,6-7,11-13H,4-5,8-10H2. The number of ether oxygens (including phenoxy) is 2. The maximum Gasteiger partial charge on any atom is 0.331 e. The Hall–Kier alpha value is -2.36. The van der Waals surface area contributed by atoms with Crippen LogP contribution in [0.3, 0.4) is 0 Å². The van der Waals surface area contributed by atoms with E-state index in [1.54, 1.807) is 0 Å². The average molecular weight is 286 g/mol. The molecule has 21 heavy (non-hydrogen) atoms. The molecule has 1 aromatic rings. The van der Waals surface area contributed by atoms with E-state index in [2.05, 4.69) is 22.9 Å². The lowest BCUT2D eigenvalue weighted by atomic mass is 9.90. The fourth-order valence-electron chi connectivity index (χ4n) is 2.28. The van der Waals surface area contributed by atoms with Crippen LogP contribution in [0.25, 0.3) is 5.57 Å². The third-order valence-electron chi connectivity index (χ3n) is 3.23. The molecule has 4 nitrogen and oxygen atoms in total. The first-order valence-corrected chi connectivity index (χ1v) is 6.98. The SMILES string of the molecule is O=COCCOC(=O)C=C1C=C(c2ccccc2)CCC1.